The molecule has 0 aromatic heterocycles. The van der Waals surface area contributed by atoms with Gasteiger partial charge in [-0.3, -0.25) is 9.59 Å². The van der Waals surface area contributed by atoms with Gasteiger partial charge in [0.05, 0.1) is 30.3 Å². The quantitative estimate of drug-likeness (QED) is 0.384. The second-order valence-electron chi connectivity index (χ2n) is 14.5. The number of aliphatic hydroxyl groups excluding tert-OH is 3. The number of carboxylic acids is 1. The van der Waals surface area contributed by atoms with E-state index in [2.05, 4.69) is 20.8 Å². The van der Waals surface area contributed by atoms with Gasteiger partial charge < -0.3 is 25.2 Å². The average Bonchev–Trinajstić information content (AvgIpc) is 3.15. The van der Waals surface area contributed by atoms with Crippen LogP contribution in [0.3, 0.4) is 0 Å². The Kier molecular flexibility index (Phi) is 7.86. The van der Waals surface area contributed by atoms with Crippen LogP contribution in [0.5, 0.6) is 0 Å². The van der Waals surface area contributed by atoms with Gasteiger partial charge in [0.15, 0.2) is 0 Å². The number of ether oxygens (including phenoxy) is 1. The number of hydrogen-bond acceptors (Lipinski definition) is 6. The molecule has 0 aromatic rings. The van der Waals surface area contributed by atoms with Gasteiger partial charge in [-0.25, -0.2) is 0 Å². The third kappa shape index (κ3) is 4.86. The number of carbonyl (C=O) groups excluding carboxylic acids is 1. The Labute approximate surface area is 222 Å². The molecule has 0 amide bonds. The number of rotatable bonds is 6. The highest BCUT2D eigenvalue weighted by molar-refractivity contribution is 5.75. The van der Waals surface area contributed by atoms with Crippen molar-refractivity contribution in [2.75, 3.05) is 6.61 Å². The summed E-state index contributed by atoms with van der Waals surface area (Å²) in [5.41, 5.74) is -1.21. The van der Waals surface area contributed by atoms with Crippen LogP contribution < -0.4 is 0 Å². The molecular formula is C30H50O7. The van der Waals surface area contributed by atoms with Crippen LogP contribution in [0.15, 0.2) is 0 Å². The summed E-state index contributed by atoms with van der Waals surface area (Å²) in [4.78, 5) is 23.8. The normalized spacial score (nSPS) is 46.4. The molecule has 4 saturated carbocycles. The Balaban J connectivity index is 1.62. The van der Waals surface area contributed by atoms with Crippen LogP contribution in [-0.4, -0.2) is 57.3 Å². The van der Waals surface area contributed by atoms with Gasteiger partial charge in [0.1, 0.15) is 0 Å². The third-order valence-corrected chi connectivity index (χ3v) is 11.7. The van der Waals surface area contributed by atoms with Crippen molar-refractivity contribution in [3.8, 4) is 0 Å². The number of carbonyl (C=O) groups is 2. The van der Waals surface area contributed by atoms with Gasteiger partial charge in [0, 0.05) is 12.3 Å². The van der Waals surface area contributed by atoms with E-state index >= 15 is 0 Å². The molecule has 0 heterocycles. The number of hydrogen-bond donors (Lipinski definition) is 4. The van der Waals surface area contributed by atoms with E-state index in [1.807, 2.05) is 20.8 Å². The Morgan fingerprint density at radius 2 is 1.65 bits per heavy atom. The highest BCUT2D eigenvalue weighted by atomic mass is 16.5. The fourth-order valence-electron chi connectivity index (χ4n) is 9.58. The minimum atomic E-state index is -0.782. The molecule has 0 aliphatic heterocycles. The molecule has 4 rings (SSSR count). The van der Waals surface area contributed by atoms with Crippen LogP contribution in [0.1, 0.15) is 92.9 Å². The molecular weight excluding hydrogens is 472 g/mol. The van der Waals surface area contributed by atoms with Crippen LogP contribution in [0.2, 0.25) is 0 Å². The number of aliphatic carboxylic acids is 1. The molecule has 37 heavy (non-hydrogen) atoms. The Morgan fingerprint density at radius 3 is 2.27 bits per heavy atom. The minimum Gasteiger partial charge on any atom is -0.481 e. The van der Waals surface area contributed by atoms with Crippen molar-refractivity contribution in [3.63, 3.8) is 0 Å². The second-order valence-corrected chi connectivity index (χ2v) is 14.5. The molecule has 12 atom stereocenters. The molecule has 0 spiro atoms. The molecule has 4 aliphatic rings. The van der Waals surface area contributed by atoms with E-state index in [-0.39, 0.29) is 71.3 Å². The lowest BCUT2D eigenvalue weighted by molar-refractivity contribution is -0.228. The lowest BCUT2D eigenvalue weighted by Gasteiger charge is -2.65. The standard InChI is InChI=1S/C30H50O7/c1-16(7-10-25(34)35)20-8-9-21-26-22(14-24(33)30(20,21)6)29(5)17(13-23(26)32)11-19(31)12-18(29)15-37-27(36)28(2,3)4/h16-24,26,31-33H,7-15H2,1-6H3,(H,34,35). The Morgan fingerprint density at radius 1 is 0.973 bits per heavy atom. The Bertz CT molecular complexity index is 866. The van der Waals surface area contributed by atoms with Gasteiger partial charge in [-0.2, -0.15) is 0 Å². The van der Waals surface area contributed by atoms with Gasteiger partial charge in [-0.15, -0.1) is 0 Å². The first-order valence-electron chi connectivity index (χ1n) is 14.5. The molecule has 7 heteroatoms. The number of fused-ring (bicyclic) bond motifs is 5. The summed E-state index contributed by atoms with van der Waals surface area (Å²) >= 11 is 0. The van der Waals surface area contributed by atoms with E-state index in [4.69, 9.17) is 4.74 Å². The Hall–Kier alpha value is -1.18. The molecule has 212 valence electrons. The maximum absolute atomic E-state index is 12.6. The summed E-state index contributed by atoms with van der Waals surface area (Å²) in [6.45, 7) is 12.4. The zero-order valence-corrected chi connectivity index (χ0v) is 23.7. The van der Waals surface area contributed by atoms with Crippen LogP contribution in [0.25, 0.3) is 0 Å². The van der Waals surface area contributed by atoms with Crippen molar-refractivity contribution in [1.82, 2.24) is 0 Å². The third-order valence-electron chi connectivity index (χ3n) is 11.7. The summed E-state index contributed by atoms with van der Waals surface area (Å²) in [6.07, 6.45) is 3.52. The lowest BCUT2D eigenvalue weighted by Crippen LogP contribution is -2.64. The largest absolute Gasteiger partial charge is 0.481 e. The number of carboxylic acid groups (broad SMARTS) is 1. The van der Waals surface area contributed by atoms with Gasteiger partial charge >= 0.3 is 11.9 Å². The highest BCUT2D eigenvalue weighted by Gasteiger charge is 2.67. The zero-order valence-electron chi connectivity index (χ0n) is 23.7. The summed E-state index contributed by atoms with van der Waals surface area (Å²) in [7, 11) is 0. The topological polar surface area (TPSA) is 124 Å². The highest BCUT2D eigenvalue weighted by Crippen LogP contribution is 2.69. The van der Waals surface area contributed by atoms with Crippen LogP contribution in [-0.2, 0) is 14.3 Å². The molecule has 0 radical (unpaired) electrons. The molecule has 0 bridgehead atoms. The summed E-state index contributed by atoms with van der Waals surface area (Å²) < 4.78 is 5.82. The van der Waals surface area contributed by atoms with E-state index in [9.17, 15) is 30.0 Å². The predicted molar refractivity (Wildman–Crippen MR) is 139 cm³/mol. The molecule has 4 N–H and O–H groups in total. The summed E-state index contributed by atoms with van der Waals surface area (Å²) in [5.74, 6) is -0.255. The van der Waals surface area contributed by atoms with Crippen molar-refractivity contribution in [3.05, 3.63) is 0 Å². The van der Waals surface area contributed by atoms with E-state index < -0.39 is 29.7 Å². The van der Waals surface area contributed by atoms with E-state index in [0.29, 0.717) is 32.1 Å². The molecule has 12 unspecified atom stereocenters. The van der Waals surface area contributed by atoms with E-state index in [1.54, 1.807) is 0 Å². The van der Waals surface area contributed by atoms with Crippen LogP contribution in [0.4, 0.5) is 0 Å². The van der Waals surface area contributed by atoms with Crippen LogP contribution in [0, 0.1) is 57.7 Å². The van der Waals surface area contributed by atoms with Gasteiger partial charge in [0.2, 0.25) is 0 Å². The predicted octanol–water partition coefficient (Wildman–Crippen LogP) is 4.26. The number of aliphatic hydroxyl groups is 3. The van der Waals surface area contributed by atoms with E-state index in [1.165, 1.54) is 0 Å². The fourth-order valence-corrected chi connectivity index (χ4v) is 9.58. The first kappa shape index (κ1) is 28.8. The van der Waals surface area contributed by atoms with E-state index in [0.717, 1.165) is 12.8 Å². The summed E-state index contributed by atoms with van der Waals surface area (Å²) in [6, 6.07) is 0. The minimum absolute atomic E-state index is 0.0317. The molecule has 4 aliphatic carbocycles. The molecule has 0 aromatic carbocycles. The monoisotopic (exact) mass is 522 g/mol. The van der Waals surface area contributed by atoms with Gasteiger partial charge in [-0.1, -0.05) is 20.8 Å². The molecule has 4 fully saturated rings. The maximum Gasteiger partial charge on any atom is 0.311 e. The SMILES string of the molecule is CC(CCC(=O)O)C1CCC2C3C(O)CC4CC(O)CC(COC(=O)C(C)(C)C)C4(C)C3CC(O)C12C. The smallest absolute Gasteiger partial charge is 0.311 e. The second kappa shape index (κ2) is 10.1. The maximum atomic E-state index is 12.6. The van der Waals surface area contributed by atoms with Crippen molar-refractivity contribution in [2.24, 2.45) is 57.7 Å². The van der Waals surface area contributed by atoms with Gasteiger partial charge in [-0.05, 0) is 112 Å². The molecule has 0 saturated heterocycles. The lowest BCUT2D eigenvalue weighted by atomic mass is 9.41. The van der Waals surface area contributed by atoms with Crippen molar-refractivity contribution in [1.29, 1.82) is 0 Å². The van der Waals surface area contributed by atoms with Crippen molar-refractivity contribution < 1.29 is 34.8 Å². The number of esters is 1. The summed E-state index contributed by atoms with van der Waals surface area (Å²) in [5, 5.41) is 43.3. The zero-order chi connectivity index (χ0) is 27.5. The fraction of sp³-hybridized carbons (Fsp3) is 0.933. The van der Waals surface area contributed by atoms with Gasteiger partial charge in [0.25, 0.3) is 0 Å². The first-order chi connectivity index (χ1) is 17.1. The van der Waals surface area contributed by atoms with Crippen LogP contribution >= 0.6 is 0 Å². The van der Waals surface area contributed by atoms with Crippen molar-refractivity contribution >= 4 is 11.9 Å². The first-order valence-corrected chi connectivity index (χ1v) is 14.5. The van der Waals surface area contributed by atoms with Crippen molar-refractivity contribution in [2.45, 2.75) is 111 Å². The molecule has 7 nitrogen and oxygen atoms in total. The average molecular weight is 523 g/mol.